The summed E-state index contributed by atoms with van der Waals surface area (Å²) in [7, 11) is 0. The van der Waals surface area contributed by atoms with Crippen LogP contribution < -0.4 is 10.1 Å². The summed E-state index contributed by atoms with van der Waals surface area (Å²) in [5, 5.41) is 3.35. The van der Waals surface area contributed by atoms with Gasteiger partial charge in [0.1, 0.15) is 24.0 Å². The van der Waals surface area contributed by atoms with E-state index >= 15 is 0 Å². The summed E-state index contributed by atoms with van der Waals surface area (Å²) < 4.78 is 19.2. The Morgan fingerprint density at radius 2 is 1.88 bits per heavy atom. The molecule has 3 nitrogen and oxygen atoms in total. The zero-order valence-electron chi connectivity index (χ0n) is 13.1. The first-order chi connectivity index (χ1) is 11.1. The maximum absolute atomic E-state index is 13.5. The molecule has 1 saturated heterocycles. The topological polar surface area (TPSA) is 38.3 Å². The van der Waals surface area contributed by atoms with Crippen molar-refractivity contribution in [3.8, 4) is 5.75 Å². The molecule has 0 aromatic heterocycles. The number of carbonyl (C=O) groups excluding carboxylic acids is 1. The van der Waals surface area contributed by atoms with Crippen LogP contribution in [0, 0.1) is 5.82 Å². The number of Topliss-reactive ketones (excluding diaryl/α,β-unsaturated/α-hetero) is 1. The molecule has 1 aliphatic rings. The van der Waals surface area contributed by atoms with E-state index < -0.39 is 0 Å². The molecule has 1 heterocycles. The van der Waals surface area contributed by atoms with Gasteiger partial charge >= 0.3 is 0 Å². The van der Waals surface area contributed by atoms with Crippen LogP contribution in [0.15, 0.2) is 48.5 Å². The third-order valence-corrected chi connectivity index (χ3v) is 4.27. The van der Waals surface area contributed by atoms with E-state index in [-0.39, 0.29) is 37.7 Å². The molecule has 0 radical (unpaired) electrons. The Bertz CT molecular complexity index is 684. The smallest absolute Gasteiger partial charge is 0.146 e. The molecule has 0 aliphatic carbocycles. The number of rotatable bonds is 5. The van der Waals surface area contributed by atoms with Gasteiger partial charge in [0.05, 0.1) is 6.04 Å². The minimum atomic E-state index is -0.255. The third-order valence-electron chi connectivity index (χ3n) is 4.27. The molecule has 0 unspecified atom stereocenters. The van der Waals surface area contributed by atoms with Crippen LogP contribution >= 0.6 is 0 Å². The first kappa shape index (κ1) is 18.1. The Labute approximate surface area is 142 Å². The fourth-order valence-corrected chi connectivity index (χ4v) is 2.90. The fraction of sp³-hybridized carbons (Fsp3) is 0.350. The van der Waals surface area contributed by atoms with Crippen molar-refractivity contribution in [3.63, 3.8) is 0 Å². The fourth-order valence-electron chi connectivity index (χ4n) is 2.90. The van der Waals surface area contributed by atoms with Crippen LogP contribution in [-0.2, 0) is 11.4 Å². The van der Waals surface area contributed by atoms with Crippen LogP contribution in [0.4, 0.5) is 4.39 Å². The van der Waals surface area contributed by atoms with Crippen LogP contribution in [0.1, 0.15) is 44.4 Å². The van der Waals surface area contributed by atoms with Gasteiger partial charge in [0.15, 0.2) is 0 Å². The van der Waals surface area contributed by atoms with E-state index in [1.165, 1.54) is 6.07 Å². The van der Waals surface area contributed by atoms with Gasteiger partial charge in [-0.25, -0.2) is 4.39 Å². The van der Waals surface area contributed by atoms with Gasteiger partial charge in [-0.15, -0.1) is 0 Å². The molecule has 0 bridgehead atoms. The van der Waals surface area contributed by atoms with Crippen molar-refractivity contribution in [1.29, 1.82) is 0 Å². The summed E-state index contributed by atoms with van der Waals surface area (Å²) in [4.78, 5) is 11.4. The molecule has 2 atom stereocenters. The number of carbonyl (C=O) groups is 1. The van der Waals surface area contributed by atoms with Crippen molar-refractivity contribution >= 4 is 5.78 Å². The van der Waals surface area contributed by atoms with Crippen LogP contribution in [0.5, 0.6) is 5.75 Å². The highest BCUT2D eigenvalue weighted by Crippen LogP contribution is 2.28. The summed E-state index contributed by atoms with van der Waals surface area (Å²) >= 11 is 0. The molecule has 128 valence electrons. The second kappa shape index (κ2) is 8.06. The van der Waals surface area contributed by atoms with E-state index in [9.17, 15) is 9.18 Å². The first-order valence-corrected chi connectivity index (χ1v) is 7.86. The second-order valence-corrected chi connectivity index (χ2v) is 5.91. The van der Waals surface area contributed by atoms with Crippen molar-refractivity contribution in [2.75, 3.05) is 0 Å². The van der Waals surface area contributed by atoms with Gasteiger partial charge in [0.25, 0.3) is 0 Å². The van der Waals surface area contributed by atoms with Crippen molar-refractivity contribution in [3.05, 3.63) is 65.5 Å². The molecule has 2 aromatic carbocycles. The van der Waals surface area contributed by atoms with E-state index in [2.05, 4.69) is 5.32 Å². The van der Waals surface area contributed by atoms with Gasteiger partial charge in [-0.2, -0.15) is 0 Å². The van der Waals surface area contributed by atoms with E-state index in [0.717, 1.165) is 18.4 Å². The highest BCUT2D eigenvalue weighted by Gasteiger charge is 2.27. The van der Waals surface area contributed by atoms with Crippen molar-refractivity contribution in [2.24, 2.45) is 0 Å². The van der Waals surface area contributed by atoms with E-state index in [1.807, 2.05) is 24.3 Å². The van der Waals surface area contributed by atoms with Gasteiger partial charge < -0.3 is 10.1 Å². The zero-order valence-corrected chi connectivity index (χ0v) is 13.1. The largest absolute Gasteiger partial charge is 0.489 e. The van der Waals surface area contributed by atoms with Gasteiger partial charge in [0.2, 0.25) is 0 Å². The lowest BCUT2D eigenvalue weighted by Gasteiger charge is -2.14. The quantitative estimate of drug-likeness (QED) is 0.882. The first-order valence-electron chi connectivity index (χ1n) is 7.86. The molecule has 1 N–H and O–H groups in total. The number of ether oxygens (including phenoxy) is 1. The van der Waals surface area contributed by atoms with Gasteiger partial charge in [0, 0.05) is 11.6 Å². The molecule has 1 fully saturated rings. The molecule has 1 aliphatic heterocycles. The molecule has 24 heavy (non-hydrogen) atoms. The predicted octanol–water partition coefficient (Wildman–Crippen LogP) is 4.42. The summed E-state index contributed by atoms with van der Waals surface area (Å²) in [5.41, 5.74) is 1.69. The minimum absolute atomic E-state index is 0. The van der Waals surface area contributed by atoms with Crippen molar-refractivity contribution < 1.29 is 13.9 Å². The minimum Gasteiger partial charge on any atom is -0.489 e. The average Bonchev–Trinajstić information content (AvgIpc) is 3.05. The molecule has 0 saturated carbocycles. The van der Waals surface area contributed by atoms with E-state index in [4.69, 9.17) is 4.74 Å². The molecular weight excluding hydrogens is 305 g/mol. The molecule has 0 amide bonds. The Kier molecular flexibility index (Phi) is 6.10. The third kappa shape index (κ3) is 4.20. The lowest BCUT2D eigenvalue weighted by Crippen LogP contribution is -2.30. The Morgan fingerprint density at radius 1 is 1.17 bits per heavy atom. The van der Waals surface area contributed by atoms with Gasteiger partial charge in [-0.1, -0.05) is 37.8 Å². The number of hydrogen-bond acceptors (Lipinski definition) is 3. The standard InChI is InChI=1S/C19H20FNO2.CH4/c1-13(22)18-10-11-19(21-18)14-6-8-16(9-7-14)23-12-15-4-2-3-5-17(15)20;/h2-9,18-19,21H,10-12H2,1H3;1H4/t18-,19+;/m0./s1. The summed E-state index contributed by atoms with van der Waals surface area (Å²) in [6, 6.07) is 14.6. The molecule has 3 rings (SSSR count). The van der Waals surface area contributed by atoms with E-state index in [0.29, 0.717) is 11.3 Å². The van der Waals surface area contributed by atoms with Crippen LogP contribution in [-0.4, -0.2) is 11.8 Å². The molecule has 2 aromatic rings. The normalized spacial score (nSPS) is 19.6. The van der Waals surface area contributed by atoms with Gasteiger partial charge in [-0.05, 0) is 43.5 Å². The summed E-state index contributed by atoms with van der Waals surface area (Å²) in [6.07, 6.45) is 1.84. The van der Waals surface area contributed by atoms with Crippen LogP contribution in [0.3, 0.4) is 0 Å². The second-order valence-electron chi connectivity index (χ2n) is 5.91. The Morgan fingerprint density at radius 3 is 2.50 bits per heavy atom. The van der Waals surface area contributed by atoms with Crippen LogP contribution in [0.2, 0.25) is 0 Å². The SMILES string of the molecule is C.CC(=O)[C@@H]1CC[C@H](c2ccc(OCc3ccccc3F)cc2)N1. The Balaban J connectivity index is 0.00000208. The average molecular weight is 329 g/mol. The van der Waals surface area contributed by atoms with Gasteiger partial charge in [-0.3, -0.25) is 4.79 Å². The maximum Gasteiger partial charge on any atom is 0.146 e. The lowest BCUT2D eigenvalue weighted by molar-refractivity contribution is -0.118. The number of benzene rings is 2. The number of halogens is 1. The molecule has 0 spiro atoms. The number of ketones is 1. The van der Waals surface area contributed by atoms with Crippen molar-refractivity contribution in [2.45, 2.75) is 45.9 Å². The summed E-state index contributed by atoms with van der Waals surface area (Å²) in [5.74, 6) is 0.644. The monoisotopic (exact) mass is 329 g/mol. The zero-order chi connectivity index (χ0) is 16.2. The lowest BCUT2D eigenvalue weighted by atomic mass is 10.1. The summed E-state index contributed by atoms with van der Waals surface area (Å²) in [6.45, 7) is 1.83. The Hall–Kier alpha value is -2.20. The number of nitrogens with one attached hydrogen (secondary N) is 1. The number of hydrogen-bond donors (Lipinski definition) is 1. The van der Waals surface area contributed by atoms with E-state index in [1.54, 1.807) is 25.1 Å². The highest BCUT2D eigenvalue weighted by atomic mass is 19.1. The van der Waals surface area contributed by atoms with Crippen molar-refractivity contribution in [1.82, 2.24) is 5.32 Å². The molecule has 4 heteroatoms. The van der Waals surface area contributed by atoms with Crippen LogP contribution in [0.25, 0.3) is 0 Å². The maximum atomic E-state index is 13.5. The molecular formula is C20H24FNO2. The predicted molar refractivity (Wildman–Crippen MR) is 93.5 cm³/mol. The highest BCUT2D eigenvalue weighted by molar-refractivity contribution is 5.81.